The summed E-state index contributed by atoms with van der Waals surface area (Å²) in [4.78, 5) is 17.9. The van der Waals surface area contributed by atoms with E-state index < -0.39 is 0 Å². The molecule has 3 nitrogen and oxygen atoms in total. The molecule has 2 aliphatic rings. The van der Waals surface area contributed by atoms with Crippen LogP contribution in [0.4, 0.5) is 0 Å². The second-order valence-corrected chi connectivity index (χ2v) is 10.2. The Balaban J connectivity index is 1.67. The number of hydrogen-bond donors (Lipinski definition) is 0. The summed E-state index contributed by atoms with van der Waals surface area (Å²) in [5.74, 6) is 0.108. The van der Waals surface area contributed by atoms with Crippen LogP contribution in [0.5, 0.6) is 0 Å². The van der Waals surface area contributed by atoms with Crippen LogP contribution >= 0.6 is 23.2 Å². The fraction of sp³-hybridized carbons (Fsp3) is 0.480. The van der Waals surface area contributed by atoms with Crippen LogP contribution in [0.15, 0.2) is 42.5 Å². The Labute approximate surface area is 190 Å². The van der Waals surface area contributed by atoms with E-state index in [4.69, 9.17) is 23.2 Å². The number of benzene rings is 2. The van der Waals surface area contributed by atoms with Gasteiger partial charge in [0.15, 0.2) is 0 Å². The first-order chi connectivity index (χ1) is 14.3. The van der Waals surface area contributed by atoms with Crippen LogP contribution in [0.3, 0.4) is 0 Å². The molecule has 0 spiro atoms. The van der Waals surface area contributed by atoms with E-state index in [1.165, 1.54) is 24.0 Å². The highest BCUT2D eigenvalue weighted by Crippen LogP contribution is 2.46. The first kappa shape index (κ1) is 21.7. The number of halogens is 2. The minimum absolute atomic E-state index is 0.0580. The predicted molar refractivity (Wildman–Crippen MR) is 124 cm³/mol. The van der Waals surface area contributed by atoms with E-state index in [0.717, 1.165) is 25.1 Å². The maximum Gasteiger partial charge on any atom is 0.227 e. The zero-order valence-electron chi connectivity index (χ0n) is 18.0. The minimum atomic E-state index is 0.0580. The summed E-state index contributed by atoms with van der Waals surface area (Å²) in [5, 5.41) is 1.00. The second-order valence-electron chi connectivity index (χ2n) is 9.36. The molecule has 30 heavy (non-hydrogen) atoms. The van der Waals surface area contributed by atoms with Crippen molar-refractivity contribution >= 4 is 29.1 Å². The average molecular weight is 445 g/mol. The largest absolute Gasteiger partial charge is 0.337 e. The SMILES string of the molecule is CN(C(=O)Cc1ccc(Cl)c(Cl)c1)[C@H]1c2ccccc2C(C)(C)C[C@@H]1N1CCCC1. The molecular formula is C25H30Cl2N2O. The molecule has 1 saturated heterocycles. The van der Waals surface area contributed by atoms with Gasteiger partial charge in [-0.2, -0.15) is 0 Å². The molecule has 5 heteroatoms. The van der Waals surface area contributed by atoms with Crippen molar-refractivity contribution in [1.29, 1.82) is 0 Å². The third kappa shape index (κ3) is 4.12. The first-order valence-electron chi connectivity index (χ1n) is 10.8. The second kappa shape index (κ2) is 8.53. The summed E-state index contributed by atoms with van der Waals surface area (Å²) >= 11 is 12.2. The summed E-state index contributed by atoms with van der Waals surface area (Å²) in [7, 11) is 1.96. The van der Waals surface area contributed by atoms with Crippen molar-refractivity contribution in [2.75, 3.05) is 20.1 Å². The highest BCUT2D eigenvalue weighted by molar-refractivity contribution is 6.42. The summed E-state index contributed by atoms with van der Waals surface area (Å²) < 4.78 is 0. The third-order valence-corrected chi connectivity index (χ3v) is 7.59. The molecule has 0 bridgehead atoms. The van der Waals surface area contributed by atoms with Gasteiger partial charge in [0.2, 0.25) is 5.91 Å². The summed E-state index contributed by atoms with van der Waals surface area (Å²) in [6.07, 6.45) is 3.86. The smallest absolute Gasteiger partial charge is 0.227 e. The predicted octanol–water partition coefficient (Wildman–Crippen LogP) is 5.88. The summed E-state index contributed by atoms with van der Waals surface area (Å²) in [5.41, 5.74) is 3.63. The van der Waals surface area contributed by atoms with Crippen molar-refractivity contribution in [3.05, 3.63) is 69.2 Å². The van der Waals surface area contributed by atoms with E-state index in [1.54, 1.807) is 12.1 Å². The number of fused-ring (bicyclic) bond motifs is 1. The maximum atomic E-state index is 13.4. The van der Waals surface area contributed by atoms with E-state index in [1.807, 2.05) is 18.0 Å². The molecule has 4 rings (SSSR count). The number of nitrogens with zero attached hydrogens (tertiary/aromatic N) is 2. The Morgan fingerprint density at radius 2 is 1.80 bits per heavy atom. The van der Waals surface area contributed by atoms with E-state index in [0.29, 0.717) is 22.5 Å². The van der Waals surface area contributed by atoms with Crippen molar-refractivity contribution in [3.63, 3.8) is 0 Å². The lowest BCUT2D eigenvalue weighted by atomic mass is 9.68. The van der Waals surface area contributed by atoms with Gasteiger partial charge in [-0.15, -0.1) is 0 Å². The van der Waals surface area contributed by atoms with E-state index >= 15 is 0 Å². The van der Waals surface area contributed by atoms with Gasteiger partial charge in [0.05, 0.1) is 22.5 Å². The molecule has 1 aliphatic carbocycles. The topological polar surface area (TPSA) is 23.6 Å². The van der Waals surface area contributed by atoms with Crippen LogP contribution in [0.1, 0.15) is 55.8 Å². The van der Waals surface area contributed by atoms with E-state index in [2.05, 4.69) is 43.0 Å². The molecule has 0 N–H and O–H groups in total. The molecular weight excluding hydrogens is 415 g/mol. The number of likely N-dealkylation sites (N-methyl/N-ethyl adjacent to an activating group) is 1. The summed E-state index contributed by atoms with van der Waals surface area (Å²) in [6, 6.07) is 14.5. The molecule has 1 heterocycles. The Bertz CT molecular complexity index is 936. The highest BCUT2D eigenvalue weighted by atomic mass is 35.5. The number of likely N-dealkylation sites (tertiary alicyclic amines) is 1. The van der Waals surface area contributed by atoms with Crippen molar-refractivity contribution in [2.45, 2.75) is 57.0 Å². The Morgan fingerprint density at radius 1 is 1.10 bits per heavy atom. The van der Waals surface area contributed by atoms with E-state index in [9.17, 15) is 4.79 Å². The van der Waals surface area contributed by atoms with Gasteiger partial charge in [-0.3, -0.25) is 9.69 Å². The van der Waals surface area contributed by atoms with Crippen LogP contribution < -0.4 is 0 Å². The number of carbonyl (C=O) groups excluding carboxylic acids is 1. The van der Waals surface area contributed by atoms with Crippen LogP contribution in [-0.4, -0.2) is 41.9 Å². The van der Waals surface area contributed by atoms with Crippen LogP contribution in [-0.2, 0) is 16.6 Å². The van der Waals surface area contributed by atoms with Gasteiger partial charge in [-0.25, -0.2) is 0 Å². The number of hydrogen-bond acceptors (Lipinski definition) is 2. The molecule has 2 aromatic carbocycles. The quantitative estimate of drug-likeness (QED) is 0.587. The van der Waals surface area contributed by atoms with Gasteiger partial charge in [-0.1, -0.05) is 67.4 Å². The van der Waals surface area contributed by atoms with Gasteiger partial charge in [-0.05, 0) is 66.6 Å². The fourth-order valence-corrected chi connectivity index (χ4v) is 5.62. The Hall–Kier alpha value is -1.55. The molecule has 0 aromatic heterocycles. The van der Waals surface area contributed by atoms with Gasteiger partial charge in [0.1, 0.15) is 0 Å². The Morgan fingerprint density at radius 3 is 2.50 bits per heavy atom. The minimum Gasteiger partial charge on any atom is -0.337 e. The van der Waals surface area contributed by atoms with E-state index in [-0.39, 0.29) is 17.4 Å². The lowest BCUT2D eigenvalue weighted by Crippen LogP contribution is -2.52. The van der Waals surface area contributed by atoms with Crippen LogP contribution in [0, 0.1) is 0 Å². The van der Waals surface area contributed by atoms with Gasteiger partial charge in [0.25, 0.3) is 0 Å². The van der Waals surface area contributed by atoms with Gasteiger partial charge >= 0.3 is 0 Å². The monoisotopic (exact) mass is 444 g/mol. The number of amides is 1. The average Bonchev–Trinajstić information content (AvgIpc) is 3.25. The number of rotatable bonds is 4. The molecule has 0 unspecified atom stereocenters. The van der Waals surface area contributed by atoms with Crippen LogP contribution in [0.25, 0.3) is 0 Å². The van der Waals surface area contributed by atoms with Gasteiger partial charge < -0.3 is 4.90 Å². The molecule has 0 saturated carbocycles. The number of carbonyl (C=O) groups is 1. The molecule has 2 aromatic rings. The molecule has 1 aliphatic heterocycles. The summed E-state index contributed by atoms with van der Waals surface area (Å²) in [6.45, 7) is 6.91. The molecule has 0 radical (unpaired) electrons. The molecule has 1 fully saturated rings. The zero-order valence-corrected chi connectivity index (χ0v) is 19.5. The molecule has 160 valence electrons. The lowest BCUT2D eigenvalue weighted by molar-refractivity contribution is -0.133. The van der Waals surface area contributed by atoms with Crippen LogP contribution in [0.2, 0.25) is 10.0 Å². The third-order valence-electron chi connectivity index (χ3n) is 6.85. The fourth-order valence-electron chi connectivity index (χ4n) is 5.30. The van der Waals surface area contributed by atoms with Crippen molar-refractivity contribution < 1.29 is 4.79 Å². The Kier molecular flexibility index (Phi) is 6.16. The first-order valence-corrected chi connectivity index (χ1v) is 11.6. The van der Waals surface area contributed by atoms with Crippen molar-refractivity contribution in [2.24, 2.45) is 0 Å². The van der Waals surface area contributed by atoms with Gasteiger partial charge in [0, 0.05) is 13.1 Å². The maximum absolute atomic E-state index is 13.4. The molecule has 1 amide bonds. The standard InChI is InChI=1S/C25H30Cl2N2O/c1-25(2)16-22(29-12-6-7-13-29)24(18-8-4-5-9-19(18)25)28(3)23(30)15-17-10-11-20(26)21(27)14-17/h4-5,8-11,14,22,24H,6-7,12-13,15-16H2,1-3H3/t22-,24-/m0/s1. The lowest BCUT2D eigenvalue weighted by Gasteiger charge is -2.49. The zero-order chi connectivity index (χ0) is 21.5. The normalized spacial score (nSPS) is 23.2. The van der Waals surface area contributed by atoms with Crippen molar-refractivity contribution in [3.8, 4) is 0 Å². The highest BCUT2D eigenvalue weighted by Gasteiger charge is 2.44. The molecule has 2 atom stereocenters. The van der Waals surface area contributed by atoms with Crippen molar-refractivity contribution in [1.82, 2.24) is 9.80 Å².